The Labute approximate surface area is 194 Å². The van der Waals surface area contributed by atoms with Gasteiger partial charge in [-0.1, -0.05) is 31.4 Å². The van der Waals surface area contributed by atoms with E-state index in [1.165, 1.54) is 0 Å². The predicted molar refractivity (Wildman–Crippen MR) is 129 cm³/mol. The van der Waals surface area contributed by atoms with Crippen molar-refractivity contribution in [3.05, 3.63) is 54.1 Å². The van der Waals surface area contributed by atoms with Crippen molar-refractivity contribution in [3.8, 4) is 0 Å². The molecule has 0 saturated heterocycles. The molecule has 0 atom stereocenters. The van der Waals surface area contributed by atoms with Gasteiger partial charge in [-0.15, -0.1) is 0 Å². The summed E-state index contributed by atoms with van der Waals surface area (Å²) in [6.07, 6.45) is 3.16. The number of benzene rings is 2. The number of nitrogen functional groups attached to an aromatic ring is 1. The Morgan fingerprint density at radius 3 is 2.15 bits per heavy atom. The van der Waals surface area contributed by atoms with E-state index in [1.807, 2.05) is 0 Å². The number of rotatable bonds is 5. The van der Waals surface area contributed by atoms with Crippen molar-refractivity contribution >= 4 is 35.0 Å². The first-order chi connectivity index (χ1) is 15.6. The zero-order valence-electron chi connectivity index (χ0n) is 19.4. The van der Waals surface area contributed by atoms with E-state index in [4.69, 9.17) is 10.5 Å². The van der Waals surface area contributed by atoms with Crippen LogP contribution in [0.15, 0.2) is 48.5 Å². The van der Waals surface area contributed by atoms with E-state index in [1.54, 1.807) is 69.3 Å². The second-order valence-corrected chi connectivity index (χ2v) is 9.34. The summed E-state index contributed by atoms with van der Waals surface area (Å²) in [6, 6.07) is 13.6. The summed E-state index contributed by atoms with van der Waals surface area (Å²) in [5.74, 6) is -0.594. The number of ether oxygens (including phenoxy) is 1. The number of anilines is 3. The van der Waals surface area contributed by atoms with Crippen LogP contribution >= 0.6 is 0 Å². The zero-order chi connectivity index (χ0) is 24.1. The molecule has 3 amide bonds. The molecule has 8 nitrogen and oxygen atoms in total. The third-order valence-corrected chi connectivity index (χ3v) is 5.50. The summed E-state index contributed by atoms with van der Waals surface area (Å²) in [5.41, 5.74) is 6.17. The third-order valence-electron chi connectivity index (χ3n) is 5.50. The van der Waals surface area contributed by atoms with Crippen molar-refractivity contribution in [1.82, 2.24) is 5.32 Å². The second kappa shape index (κ2) is 9.94. The molecule has 1 aliphatic carbocycles. The molecule has 33 heavy (non-hydrogen) atoms. The lowest BCUT2D eigenvalue weighted by atomic mass is 9.81. The fraction of sp³-hybridized carbons (Fsp3) is 0.400. The molecule has 1 aliphatic rings. The Bertz CT molecular complexity index is 1010. The SMILES string of the molecule is CC(C)(C)OC(=O)NC1(C(=O)Nc2ccc(C(=O)Nc3ccccc3N)cc2)CCCCC1. The largest absolute Gasteiger partial charge is 0.444 e. The predicted octanol–water partition coefficient (Wildman–Crippen LogP) is 4.69. The molecule has 0 unspecified atom stereocenters. The number of nitrogens with one attached hydrogen (secondary N) is 3. The van der Waals surface area contributed by atoms with Gasteiger partial charge in [0.1, 0.15) is 11.1 Å². The minimum Gasteiger partial charge on any atom is -0.444 e. The molecule has 1 fully saturated rings. The van der Waals surface area contributed by atoms with Crippen LogP contribution in [0, 0.1) is 0 Å². The molecule has 0 bridgehead atoms. The normalized spacial score (nSPS) is 15.2. The van der Waals surface area contributed by atoms with Gasteiger partial charge in [-0.3, -0.25) is 9.59 Å². The van der Waals surface area contributed by atoms with E-state index in [-0.39, 0.29) is 11.8 Å². The highest BCUT2D eigenvalue weighted by molar-refractivity contribution is 6.06. The van der Waals surface area contributed by atoms with E-state index in [9.17, 15) is 14.4 Å². The topological polar surface area (TPSA) is 123 Å². The smallest absolute Gasteiger partial charge is 0.408 e. The van der Waals surface area contributed by atoms with Crippen LogP contribution < -0.4 is 21.7 Å². The van der Waals surface area contributed by atoms with Crippen LogP contribution in [0.3, 0.4) is 0 Å². The fourth-order valence-corrected chi connectivity index (χ4v) is 3.82. The summed E-state index contributed by atoms with van der Waals surface area (Å²) in [7, 11) is 0. The second-order valence-electron chi connectivity index (χ2n) is 9.34. The molecule has 5 N–H and O–H groups in total. The minimum atomic E-state index is -1.03. The molecule has 3 rings (SSSR count). The van der Waals surface area contributed by atoms with Gasteiger partial charge in [0.25, 0.3) is 5.91 Å². The van der Waals surface area contributed by atoms with E-state index in [0.717, 1.165) is 19.3 Å². The Kier molecular flexibility index (Phi) is 7.26. The minimum absolute atomic E-state index is 0.290. The molecule has 8 heteroatoms. The van der Waals surface area contributed by atoms with E-state index in [2.05, 4.69) is 16.0 Å². The van der Waals surface area contributed by atoms with Crippen LogP contribution in [0.1, 0.15) is 63.2 Å². The van der Waals surface area contributed by atoms with Gasteiger partial charge in [0.2, 0.25) is 5.91 Å². The first-order valence-corrected chi connectivity index (χ1v) is 11.2. The summed E-state index contributed by atoms with van der Waals surface area (Å²) in [4.78, 5) is 38.1. The Hall–Kier alpha value is -3.55. The van der Waals surface area contributed by atoms with Crippen LogP contribution in [-0.4, -0.2) is 29.0 Å². The van der Waals surface area contributed by atoms with Gasteiger partial charge >= 0.3 is 6.09 Å². The lowest BCUT2D eigenvalue weighted by Crippen LogP contribution is -2.58. The highest BCUT2D eigenvalue weighted by Gasteiger charge is 2.42. The number of hydrogen-bond acceptors (Lipinski definition) is 5. The van der Waals surface area contributed by atoms with E-state index >= 15 is 0 Å². The molecule has 0 aromatic heterocycles. The molecular formula is C25H32N4O4. The molecule has 0 aliphatic heterocycles. The summed E-state index contributed by atoms with van der Waals surface area (Å²) >= 11 is 0. The molecular weight excluding hydrogens is 420 g/mol. The number of alkyl carbamates (subject to hydrolysis) is 1. The van der Waals surface area contributed by atoms with Crippen LogP contribution in [0.4, 0.5) is 21.9 Å². The summed E-state index contributed by atoms with van der Waals surface area (Å²) in [6.45, 7) is 5.35. The Morgan fingerprint density at radius 1 is 0.909 bits per heavy atom. The standard InChI is InChI=1S/C25H32N4O4/c1-24(2,3)33-23(32)29-25(15-7-4-8-16-25)22(31)27-18-13-11-17(12-14-18)21(30)28-20-10-6-5-9-19(20)26/h5-6,9-14H,4,7-8,15-16,26H2,1-3H3,(H,27,31)(H,28,30)(H,29,32). The lowest BCUT2D eigenvalue weighted by molar-refractivity contribution is -0.123. The van der Waals surface area contributed by atoms with Gasteiger partial charge in [-0.25, -0.2) is 4.79 Å². The molecule has 176 valence electrons. The molecule has 1 saturated carbocycles. The lowest BCUT2D eigenvalue weighted by Gasteiger charge is -2.37. The average Bonchev–Trinajstić information content (AvgIpc) is 2.75. The van der Waals surface area contributed by atoms with Crippen molar-refractivity contribution in [2.45, 2.75) is 64.0 Å². The Morgan fingerprint density at radius 2 is 1.55 bits per heavy atom. The maximum atomic E-state index is 13.2. The number of nitrogens with two attached hydrogens (primary N) is 1. The maximum Gasteiger partial charge on any atom is 0.408 e. The zero-order valence-corrected chi connectivity index (χ0v) is 19.4. The maximum absolute atomic E-state index is 13.2. The quantitative estimate of drug-likeness (QED) is 0.490. The van der Waals surface area contributed by atoms with Crippen molar-refractivity contribution in [2.24, 2.45) is 0 Å². The molecule has 2 aromatic rings. The number of para-hydroxylation sites is 2. The van der Waals surface area contributed by atoms with Gasteiger partial charge in [0.15, 0.2) is 0 Å². The molecule has 0 radical (unpaired) electrons. The van der Waals surface area contributed by atoms with E-state index < -0.39 is 17.2 Å². The van der Waals surface area contributed by atoms with Gasteiger partial charge in [0.05, 0.1) is 11.4 Å². The molecule has 0 spiro atoms. The first kappa shape index (κ1) is 24.1. The van der Waals surface area contributed by atoms with Crippen molar-refractivity contribution in [1.29, 1.82) is 0 Å². The van der Waals surface area contributed by atoms with Crippen LogP contribution in [0.2, 0.25) is 0 Å². The molecule has 2 aromatic carbocycles. The highest BCUT2D eigenvalue weighted by Crippen LogP contribution is 2.30. The van der Waals surface area contributed by atoms with Crippen LogP contribution in [-0.2, 0) is 9.53 Å². The van der Waals surface area contributed by atoms with Crippen molar-refractivity contribution < 1.29 is 19.1 Å². The van der Waals surface area contributed by atoms with Crippen LogP contribution in [0.5, 0.6) is 0 Å². The van der Waals surface area contributed by atoms with E-state index in [0.29, 0.717) is 35.5 Å². The number of hydrogen-bond donors (Lipinski definition) is 4. The summed E-state index contributed by atoms with van der Waals surface area (Å²) < 4.78 is 5.38. The number of carbonyl (C=O) groups excluding carboxylic acids is 3. The summed E-state index contributed by atoms with van der Waals surface area (Å²) in [5, 5.41) is 8.48. The van der Waals surface area contributed by atoms with Crippen molar-refractivity contribution in [3.63, 3.8) is 0 Å². The van der Waals surface area contributed by atoms with Crippen LogP contribution in [0.25, 0.3) is 0 Å². The highest BCUT2D eigenvalue weighted by atomic mass is 16.6. The first-order valence-electron chi connectivity index (χ1n) is 11.2. The Balaban J connectivity index is 1.68. The van der Waals surface area contributed by atoms with Gasteiger partial charge < -0.3 is 26.4 Å². The third kappa shape index (κ3) is 6.47. The van der Waals surface area contributed by atoms with Gasteiger partial charge in [0, 0.05) is 11.3 Å². The van der Waals surface area contributed by atoms with Crippen molar-refractivity contribution in [2.75, 3.05) is 16.4 Å². The monoisotopic (exact) mass is 452 g/mol. The molecule has 0 heterocycles. The number of amides is 3. The number of carbonyl (C=O) groups is 3. The fourth-order valence-electron chi connectivity index (χ4n) is 3.82. The van der Waals surface area contributed by atoms with Gasteiger partial charge in [-0.05, 0) is 70.0 Å². The average molecular weight is 453 g/mol. The van der Waals surface area contributed by atoms with Gasteiger partial charge in [-0.2, -0.15) is 0 Å².